The largest absolute Gasteiger partial charge is 0.362 e. The van der Waals surface area contributed by atoms with Crippen molar-refractivity contribution in [2.24, 2.45) is 0 Å². The summed E-state index contributed by atoms with van der Waals surface area (Å²) >= 11 is 0. The third-order valence-electron chi connectivity index (χ3n) is 4.38. The van der Waals surface area contributed by atoms with Gasteiger partial charge >= 0.3 is 0 Å². The zero-order valence-electron chi connectivity index (χ0n) is 14.8. The highest BCUT2D eigenvalue weighted by molar-refractivity contribution is 5.60. The predicted octanol–water partition coefficient (Wildman–Crippen LogP) is 5.82. The summed E-state index contributed by atoms with van der Waals surface area (Å²) in [6.45, 7) is 8.44. The summed E-state index contributed by atoms with van der Waals surface area (Å²) in [5.74, 6) is 0. The van der Waals surface area contributed by atoms with Gasteiger partial charge in [0.1, 0.15) is 0 Å². The molecule has 24 heavy (non-hydrogen) atoms. The summed E-state index contributed by atoms with van der Waals surface area (Å²) in [6.07, 6.45) is 0. The average molecular weight is 315 g/mol. The van der Waals surface area contributed by atoms with Crippen LogP contribution in [-0.4, -0.2) is 0 Å². The Kier molecular flexibility index (Phi) is 5.00. The minimum absolute atomic E-state index is 0.917. The molecule has 0 saturated heterocycles. The molecular weight excluding hydrogens is 290 g/mol. The number of rotatable bonds is 5. The lowest BCUT2D eigenvalue weighted by Crippen LogP contribution is -2.24. The summed E-state index contributed by atoms with van der Waals surface area (Å²) in [4.78, 5) is 2.49. The summed E-state index contributed by atoms with van der Waals surface area (Å²) in [5.41, 5.74) is 8.06. The van der Waals surface area contributed by atoms with Crippen molar-refractivity contribution >= 4 is 5.69 Å². The zero-order chi connectivity index (χ0) is 16.9. The van der Waals surface area contributed by atoms with Gasteiger partial charge in [0.25, 0.3) is 0 Å². The minimum Gasteiger partial charge on any atom is -0.362 e. The summed E-state index contributed by atoms with van der Waals surface area (Å²) in [7, 11) is 0. The molecule has 0 fully saturated rings. The molecule has 0 N–H and O–H groups in total. The van der Waals surface area contributed by atoms with E-state index in [0.29, 0.717) is 0 Å². The highest BCUT2D eigenvalue weighted by atomic mass is 15.1. The Hall–Kier alpha value is -2.54. The molecule has 0 aliphatic heterocycles. The molecule has 0 spiro atoms. The van der Waals surface area contributed by atoms with Crippen molar-refractivity contribution in [3.05, 3.63) is 101 Å². The summed E-state index contributed by atoms with van der Waals surface area (Å²) < 4.78 is 0. The molecule has 1 nitrogen and oxygen atoms in total. The molecule has 122 valence electrons. The van der Waals surface area contributed by atoms with E-state index >= 15 is 0 Å². The molecule has 0 amide bonds. The number of hydrogen-bond donors (Lipinski definition) is 0. The molecule has 0 atom stereocenters. The summed E-state index contributed by atoms with van der Waals surface area (Å²) in [6, 6.07) is 26.0. The van der Waals surface area contributed by atoms with Gasteiger partial charge in [-0.25, -0.2) is 0 Å². The van der Waals surface area contributed by atoms with Gasteiger partial charge in [0.2, 0.25) is 0 Å². The van der Waals surface area contributed by atoms with Crippen molar-refractivity contribution < 1.29 is 0 Å². The standard InChI is InChI=1S/C23H25N/c1-18-14-19(2)23(20(3)15-18)24(16-21-10-6-4-7-11-21)17-22-12-8-5-9-13-22/h4-15H,16-17H2,1-3H3. The second kappa shape index (κ2) is 7.35. The smallest absolute Gasteiger partial charge is 0.0433 e. The molecular formula is C23H25N. The first-order chi connectivity index (χ1) is 11.6. The molecule has 0 heterocycles. The first kappa shape index (κ1) is 16.3. The number of aryl methyl sites for hydroxylation is 3. The maximum absolute atomic E-state index is 2.49. The van der Waals surface area contributed by atoms with Crippen LogP contribution in [0.1, 0.15) is 27.8 Å². The second-order valence-corrected chi connectivity index (χ2v) is 6.57. The highest BCUT2D eigenvalue weighted by Gasteiger charge is 2.14. The molecule has 0 aliphatic carbocycles. The van der Waals surface area contributed by atoms with Gasteiger partial charge in [-0.15, -0.1) is 0 Å². The molecule has 3 rings (SSSR count). The molecule has 0 aromatic heterocycles. The quantitative estimate of drug-likeness (QED) is 0.573. The van der Waals surface area contributed by atoms with E-state index in [-0.39, 0.29) is 0 Å². The zero-order valence-corrected chi connectivity index (χ0v) is 14.8. The van der Waals surface area contributed by atoms with E-state index in [4.69, 9.17) is 0 Å². The monoisotopic (exact) mass is 315 g/mol. The number of hydrogen-bond acceptors (Lipinski definition) is 1. The fourth-order valence-electron chi connectivity index (χ4n) is 3.49. The third-order valence-corrected chi connectivity index (χ3v) is 4.38. The lowest BCUT2D eigenvalue weighted by molar-refractivity contribution is 0.792. The van der Waals surface area contributed by atoms with Gasteiger partial charge in [0.15, 0.2) is 0 Å². The van der Waals surface area contributed by atoms with Crippen LogP contribution in [0.15, 0.2) is 72.8 Å². The molecule has 1 heteroatoms. The van der Waals surface area contributed by atoms with E-state index < -0.39 is 0 Å². The van der Waals surface area contributed by atoms with Gasteiger partial charge in [-0.05, 0) is 43.0 Å². The number of benzene rings is 3. The van der Waals surface area contributed by atoms with Crippen LogP contribution < -0.4 is 4.90 Å². The SMILES string of the molecule is Cc1cc(C)c(N(Cc2ccccc2)Cc2ccccc2)c(C)c1. The third kappa shape index (κ3) is 3.86. The first-order valence-electron chi connectivity index (χ1n) is 8.54. The van der Waals surface area contributed by atoms with Crippen LogP contribution >= 0.6 is 0 Å². The van der Waals surface area contributed by atoms with Crippen molar-refractivity contribution in [2.45, 2.75) is 33.9 Å². The average Bonchev–Trinajstić information content (AvgIpc) is 2.55. The molecule has 0 saturated carbocycles. The van der Waals surface area contributed by atoms with Crippen molar-refractivity contribution in [3.8, 4) is 0 Å². The molecule has 0 bridgehead atoms. The van der Waals surface area contributed by atoms with Crippen molar-refractivity contribution in [1.82, 2.24) is 0 Å². The minimum atomic E-state index is 0.917. The van der Waals surface area contributed by atoms with Crippen LogP contribution in [-0.2, 0) is 13.1 Å². The fraction of sp³-hybridized carbons (Fsp3) is 0.217. The number of anilines is 1. The van der Waals surface area contributed by atoms with Crippen LogP contribution in [0.4, 0.5) is 5.69 Å². The van der Waals surface area contributed by atoms with E-state index in [0.717, 1.165) is 13.1 Å². The molecule has 3 aromatic carbocycles. The van der Waals surface area contributed by atoms with Crippen LogP contribution in [0.3, 0.4) is 0 Å². The van der Waals surface area contributed by atoms with E-state index in [9.17, 15) is 0 Å². The second-order valence-electron chi connectivity index (χ2n) is 6.57. The lowest BCUT2D eigenvalue weighted by atomic mass is 10.0. The van der Waals surface area contributed by atoms with Crippen LogP contribution in [0.5, 0.6) is 0 Å². The van der Waals surface area contributed by atoms with Gasteiger partial charge in [0, 0.05) is 18.8 Å². The van der Waals surface area contributed by atoms with E-state index in [1.54, 1.807) is 0 Å². The van der Waals surface area contributed by atoms with Crippen LogP contribution in [0, 0.1) is 20.8 Å². The Labute approximate surface area is 145 Å². The molecule has 3 aromatic rings. The Morgan fingerprint density at radius 1 is 0.625 bits per heavy atom. The van der Waals surface area contributed by atoms with Crippen LogP contribution in [0.25, 0.3) is 0 Å². The molecule has 0 unspecified atom stereocenters. The van der Waals surface area contributed by atoms with Crippen molar-refractivity contribution in [3.63, 3.8) is 0 Å². The Bertz CT molecular complexity index is 726. The van der Waals surface area contributed by atoms with Gasteiger partial charge in [-0.3, -0.25) is 0 Å². The Morgan fingerprint density at radius 3 is 1.46 bits per heavy atom. The van der Waals surface area contributed by atoms with E-state index in [2.05, 4.69) is 98.5 Å². The van der Waals surface area contributed by atoms with Crippen LogP contribution in [0.2, 0.25) is 0 Å². The molecule has 0 radical (unpaired) electrons. The predicted molar refractivity (Wildman–Crippen MR) is 103 cm³/mol. The lowest BCUT2D eigenvalue weighted by Gasteiger charge is -2.29. The normalized spacial score (nSPS) is 10.6. The summed E-state index contributed by atoms with van der Waals surface area (Å²) in [5, 5.41) is 0. The first-order valence-corrected chi connectivity index (χ1v) is 8.54. The highest BCUT2D eigenvalue weighted by Crippen LogP contribution is 2.29. The van der Waals surface area contributed by atoms with Gasteiger partial charge in [-0.1, -0.05) is 78.4 Å². The van der Waals surface area contributed by atoms with E-state index in [1.807, 2.05) is 0 Å². The van der Waals surface area contributed by atoms with Crippen molar-refractivity contribution in [1.29, 1.82) is 0 Å². The molecule has 0 aliphatic rings. The Morgan fingerprint density at radius 2 is 1.04 bits per heavy atom. The maximum atomic E-state index is 2.49. The van der Waals surface area contributed by atoms with Gasteiger partial charge < -0.3 is 4.90 Å². The van der Waals surface area contributed by atoms with E-state index in [1.165, 1.54) is 33.5 Å². The Balaban J connectivity index is 1.98. The fourth-order valence-corrected chi connectivity index (χ4v) is 3.49. The topological polar surface area (TPSA) is 3.24 Å². The number of nitrogens with zero attached hydrogens (tertiary/aromatic N) is 1. The van der Waals surface area contributed by atoms with Gasteiger partial charge in [0.05, 0.1) is 0 Å². The van der Waals surface area contributed by atoms with Crippen molar-refractivity contribution in [2.75, 3.05) is 4.90 Å². The van der Waals surface area contributed by atoms with Gasteiger partial charge in [-0.2, -0.15) is 0 Å². The maximum Gasteiger partial charge on any atom is 0.0433 e.